The van der Waals surface area contributed by atoms with Crippen LogP contribution in [0.4, 0.5) is 0 Å². The van der Waals surface area contributed by atoms with Crippen LogP contribution in [-0.4, -0.2) is 18.2 Å². The van der Waals surface area contributed by atoms with Crippen molar-refractivity contribution in [2.24, 2.45) is 0 Å². The van der Waals surface area contributed by atoms with Gasteiger partial charge in [-0.1, -0.05) is 23.8 Å². The van der Waals surface area contributed by atoms with E-state index in [0.29, 0.717) is 0 Å². The summed E-state index contributed by atoms with van der Waals surface area (Å²) in [6, 6.07) is 8.10. The van der Waals surface area contributed by atoms with Crippen LogP contribution >= 0.6 is 0 Å². The Bertz CT molecular complexity index is 378. The summed E-state index contributed by atoms with van der Waals surface area (Å²) in [6.07, 6.45) is 8.02. The molecule has 0 N–H and O–H groups in total. The maximum Gasteiger partial charge on any atom is 0.191 e. The maximum absolute atomic E-state index is 5.81. The fourth-order valence-corrected chi connectivity index (χ4v) is 1.44. The number of likely N-dealkylation sites (N-methyl/N-ethyl adjacent to an activating group) is 1. The number of hydrogen-bond acceptors (Lipinski definition) is 2. The van der Waals surface area contributed by atoms with Crippen molar-refractivity contribution < 1.29 is 4.74 Å². The first kappa shape index (κ1) is 9.84. The zero-order valence-corrected chi connectivity index (χ0v) is 9.05. The lowest BCUT2D eigenvalue weighted by Gasteiger charge is -2.26. The molecule has 15 heavy (non-hydrogen) atoms. The Morgan fingerprint density at radius 3 is 2.53 bits per heavy atom. The number of rotatable bonds is 2. The predicted octanol–water partition coefficient (Wildman–Crippen LogP) is 2.72. The quantitative estimate of drug-likeness (QED) is 0.729. The number of allylic oxidation sites excluding steroid dienone is 2. The van der Waals surface area contributed by atoms with Crippen molar-refractivity contribution in [2.45, 2.75) is 13.2 Å². The molecule has 0 aromatic heterocycles. The monoisotopic (exact) mass is 201 g/mol. The maximum atomic E-state index is 5.81. The molecule has 1 atom stereocenters. The molecule has 1 aromatic rings. The van der Waals surface area contributed by atoms with Crippen molar-refractivity contribution >= 4 is 0 Å². The second-order valence-electron chi connectivity index (χ2n) is 3.71. The minimum atomic E-state index is -0.00212. The molecule has 1 aromatic carbocycles. The van der Waals surface area contributed by atoms with Gasteiger partial charge in [-0.05, 0) is 31.2 Å². The number of nitrogens with zero attached hydrogens (tertiary/aromatic N) is 1. The van der Waals surface area contributed by atoms with Crippen LogP contribution in [0, 0.1) is 6.92 Å². The average molecular weight is 201 g/mol. The largest absolute Gasteiger partial charge is 0.467 e. The van der Waals surface area contributed by atoms with Gasteiger partial charge in [-0.3, -0.25) is 0 Å². The molecule has 2 heteroatoms. The summed E-state index contributed by atoms with van der Waals surface area (Å²) in [5, 5.41) is 0. The average Bonchev–Trinajstić information content (AvgIpc) is 2.25. The van der Waals surface area contributed by atoms with E-state index >= 15 is 0 Å². The fourth-order valence-electron chi connectivity index (χ4n) is 1.44. The summed E-state index contributed by atoms with van der Waals surface area (Å²) in [7, 11) is 2.00. The van der Waals surface area contributed by atoms with Crippen LogP contribution < -0.4 is 4.74 Å². The third kappa shape index (κ3) is 2.40. The van der Waals surface area contributed by atoms with E-state index < -0.39 is 0 Å². The molecule has 0 amide bonds. The molecule has 1 heterocycles. The van der Waals surface area contributed by atoms with Crippen LogP contribution in [0.1, 0.15) is 5.56 Å². The standard InChI is InChI=1S/C13H15NO/c1-11-6-8-12(9-7-11)15-13-5-3-4-10-14(13)2/h3-10,13H,1-2H3. The summed E-state index contributed by atoms with van der Waals surface area (Å²) in [5.74, 6) is 0.900. The van der Waals surface area contributed by atoms with Crippen molar-refractivity contribution in [3.05, 3.63) is 54.3 Å². The van der Waals surface area contributed by atoms with E-state index in [9.17, 15) is 0 Å². The molecule has 0 saturated carbocycles. The van der Waals surface area contributed by atoms with Crippen molar-refractivity contribution in [3.63, 3.8) is 0 Å². The number of ether oxygens (including phenoxy) is 1. The normalized spacial score (nSPS) is 19.3. The molecule has 0 saturated heterocycles. The van der Waals surface area contributed by atoms with Gasteiger partial charge in [0.1, 0.15) is 5.75 Å². The molecule has 2 rings (SSSR count). The Morgan fingerprint density at radius 1 is 1.13 bits per heavy atom. The molecule has 0 radical (unpaired) electrons. The van der Waals surface area contributed by atoms with Gasteiger partial charge in [0.15, 0.2) is 6.23 Å². The summed E-state index contributed by atoms with van der Waals surface area (Å²) in [5.41, 5.74) is 1.25. The molecule has 1 unspecified atom stereocenters. The smallest absolute Gasteiger partial charge is 0.191 e. The molecule has 0 bridgehead atoms. The third-order valence-corrected chi connectivity index (χ3v) is 2.39. The van der Waals surface area contributed by atoms with Gasteiger partial charge in [0.2, 0.25) is 0 Å². The lowest BCUT2D eigenvalue weighted by molar-refractivity contribution is 0.121. The van der Waals surface area contributed by atoms with Gasteiger partial charge >= 0.3 is 0 Å². The van der Waals surface area contributed by atoms with Crippen LogP contribution in [0.15, 0.2) is 48.7 Å². The number of aryl methyl sites for hydroxylation is 1. The molecule has 1 aliphatic heterocycles. The molecule has 0 fully saturated rings. The van der Waals surface area contributed by atoms with Gasteiger partial charge in [-0.15, -0.1) is 0 Å². The second kappa shape index (κ2) is 4.22. The van der Waals surface area contributed by atoms with Crippen molar-refractivity contribution in [1.82, 2.24) is 4.90 Å². The van der Waals surface area contributed by atoms with E-state index in [1.807, 2.05) is 48.5 Å². The molecule has 78 valence electrons. The Labute approximate surface area is 90.5 Å². The van der Waals surface area contributed by atoms with E-state index in [2.05, 4.69) is 19.1 Å². The minimum Gasteiger partial charge on any atom is -0.467 e. The zero-order chi connectivity index (χ0) is 10.7. The van der Waals surface area contributed by atoms with Crippen LogP contribution in [0.5, 0.6) is 5.75 Å². The molecule has 0 spiro atoms. The highest BCUT2D eigenvalue weighted by atomic mass is 16.5. The van der Waals surface area contributed by atoms with Gasteiger partial charge in [0.05, 0.1) is 0 Å². The highest BCUT2D eigenvalue weighted by Crippen LogP contribution is 2.16. The van der Waals surface area contributed by atoms with E-state index in [-0.39, 0.29) is 6.23 Å². The van der Waals surface area contributed by atoms with E-state index in [1.54, 1.807) is 0 Å². The Morgan fingerprint density at radius 2 is 1.87 bits per heavy atom. The topological polar surface area (TPSA) is 12.5 Å². The lowest BCUT2D eigenvalue weighted by atomic mass is 10.2. The number of benzene rings is 1. The van der Waals surface area contributed by atoms with E-state index in [1.165, 1.54) is 5.56 Å². The second-order valence-corrected chi connectivity index (χ2v) is 3.71. The van der Waals surface area contributed by atoms with Crippen LogP contribution in [0.2, 0.25) is 0 Å². The lowest BCUT2D eigenvalue weighted by Crippen LogP contribution is -2.31. The Kier molecular flexibility index (Phi) is 2.77. The van der Waals surface area contributed by atoms with Gasteiger partial charge in [0, 0.05) is 13.2 Å². The highest BCUT2D eigenvalue weighted by Gasteiger charge is 2.11. The molecular weight excluding hydrogens is 186 g/mol. The molecular formula is C13H15NO. The van der Waals surface area contributed by atoms with Crippen LogP contribution in [0.25, 0.3) is 0 Å². The van der Waals surface area contributed by atoms with Gasteiger partial charge in [-0.2, -0.15) is 0 Å². The first-order chi connectivity index (χ1) is 7.25. The highest BCUT2D eigenvalue weighted by molar-refractivity contribution is 5.27. The third-order valence-electron chi connectivity index (χ3n) is 2.39. The summed E-state index contributed by atoms with van der Waals surface area (Å²) >= 11 is 0. The summed E-state index contributed by atoms with van der Waals surface area (Å²) < 4.78 is 5.81. The van der Waals surface area contributed by atoms with Crippen molar-refractivity contribution in [3.8, 4) is 5.75 Å². The fraction of sp³-hybridized carbons (Fsp3) is 0.231. The predicted molar refractivity (Wildman–Crippen MR) is 61.6 cm³/mol. The minimum absolute atomic E-state index is 0.00212. The first-order valence-electron chi connectivity index (χ1n) is 5.06. The molecule has 2 nitrogen and oxygen atoms in total. The van der Waals surface area contributed by atoms with E-state index in [4.69, 9.17) is 4.74 Å². The first-order valence-corrected chi connectivity index (χ1v) is 5.06. The van der Waals surface area contributed by atoms with Crippen LogP contribution in [0.3, 0.4) is 0 Å². The van der Waals surface area contributed by atoms with Gasteiger partial charge in [-0.25, -0.2) is 0 Å². The zero-order valence-electron chi connectivity index (χ0n) is 9.05. The summed E-state index contributed by atoms with van der Waals surface area (Å²) in [6.45, 7) is 2.07. The summed E-state index contributed by atoms with van der Waals surface area (Å²) in [4.78, 5) is 2.03. The van der Waals surface area contributed by atoms with Gasteiger partial charge in [0.25, 0.3) is 0 Å². The molecule has 0 aliphatic carbocycles. The molecule has 1 aliphatic rings. The van der Waals surface area contributed by atoms with Gasteiger partial charge < -0.3 is 9.64 Å². The Hall–Kier alpha value is -1.70. The SMILES string of the molecule is Cc1ccc(OC2C=CC=CN2C)cc1. The number of hydrogen-bond donors (Lipinski definition) is 0. The van der Waals surface area contributed by atoms with Crippen LogP contribution in [-0.2, 0) is 0 Å². The Balaban J connectivity index is 2.05. The van der Waals surface area contributed by atoms with Crippen molar-refractivity contribution in [2.75, 3.05) is 7.05 Å². The van der Waals surface area contributed by atoms with Crippen molar-refractivity contribution in [1.29, 1.82) is 0 Å². The van der Waals surface area contributed by atoms with E-state index in [0.717, 1.165) is 5.75 Å².